The Hall–Kier alpha value is -1.29. The molecule has 3 heterocycles. The van der Waals surface area contributed by atoms with Gasteiger partial charge in [-0.2, -0.15) is 0 Å². The van der Waals surface area contributed by atoms with Crippen LogP contribution in [0.2, 0.25) is 15.2 Å². The van der Waals surface area contributed by atoms with Crippen molar-refractivity contribution in [2.24, 2.45) is 0 Å². The molecule has 0 amide bonds. The van der Waals surface area contributed by atoms with Gasteiger partial charge in [-0.1, -0.05) is 40.9 Å². The lowest BCUT2D eigenvalue weighted by molar-refractivity contribution is 1.16. The van der Waals surface area contributed by atoms with Crippen LogP contribution >= 0.6 is 34.8 Å². The molecule has 0 aliphatic carbocycles. The Kier molecular flexibility index (Phi) is 2.90. The zero-order chi connectivity index (χ0) is 12.7. The van der Waals surface area contributed by atoms with E-state index in [4.69, 9.17) is 34.8 Å². The fourth-order valence-corrected chi connectivity index (χ4v) is 2.36. The summed E-state index contributed by atoms with van der Waals surface area (Å²) in [5, 5.41) is 1.02. The van der Waals surface area contributed by atoms with E-state index in [1.54, 1.807) is 12.3 Å². The van der Waals surface area contributed by atoms with Gasteiger partial charge in [0.1, 0.15) is 16.5 Å². The van der Waals surface area contributed by atoms with E-state index >= 15 is 0 Å². The number of pyridine rings is 2. The fraction of sp³-hybridized carbons (Fsp3) is 0. The van der Waals surface area contributed by atoms with Crippen molar-refractivity contribution in [2.45, 2.75) is 0 Å². The molecule has 0 atom stereocenters. The topological polar surface area (TPSA) is 30.2 Å². The molecule has 0 spiro atoms. The van der Waals surface area contributed by atoms with Gasteiger partial charge in [-0.05, 0) is 18.2 Å². The molecule has 0 radical (unpaired) electrons. The second-order valence-corrected chi connectivity index (χ2v) is 4.83. The largest absolute Gasteiger partial charge is 0.298 e. The molecule has 0 bridgehead atoms. The molecular weight excluding hydrogens is 293 g/mol. The standard InChI is InChI=1S/C12H6Cl3N3/c13-7-6-8(14)12(15)17-11(7)9-2-1-3-10-16-4-5-18(9)10/h1-6H. The van der Waals surface area contributed by atoms with Crippen LogP contribution in [0.5, 0.6) is 0 Å². The van der Waals surface area contributed by atoms with Gasteiger partial charge < -0.3 is 0 Å². The molecule has 3 rings (SSSR count). The maximum Gasteiger partial charge on any atom is 0.148 e. The molecule has 0 aliphatic rings. The van der Waals surface area contributed by atoms with Crippen LogP contribution in [0.3, 0.4) is 0 Å². The zero-order valence-electron chi connectivity index (χ0n) is 8.94. The summed E-state index contributed by atoms with van der Waals surface area (Å²) in [4.78, 5) is 8.43. The average Bonchev–Trinajstić information content (AvgIpc) is 2.82. The summed E-state index contributed by atoms with van der Waals surface area (Å²) >= 11 is 18.0. The Morgan fingerprint density at radius 1 is 1.06 bits per heavy atom. The molecule has 3 aromatic rings. The Bertz CT molecular complexity index is 737. The van der Waals surface area contributed by atoms with Crippen molar-refractivity contribution in [2.75, 3.05) is 0 Å². The third kappa shape index (κ3) is 1.85. The quantitative estimate of drug-likeness (QED) is 0.625. The average molecular weight is 299 g/mol. The van der Waals surface area contributed by atoms with Gasteiger partial charge in [0.15, 0.2) is 0 Å². The van der Waals surface area contributed by atoms with Gasteiger partial charge in [-0.15, -0.1) is 0 Å². The first-order valence-electron chi connectivity index (χ1n) is 5.11. The van der Waals surface area contributed by atoms with Crippen molar-refractivity contribution in [1.29, 1.82) is 0 Å². The molecular formula is C12H6Cl3N3. The Morgan fingerprint density at radius 2 is 1.89 bits per heavy atom. The van der Waals surface area contributed by atoms with Crippen molar-refractivity contribution >= 4 is 40.4 Å². The van der Waals surface area contributed by atoms with Crippen molar-refractivity contribution in [3.63, 3.8) is 0 Å². The summed E-state index contributed by atoms with van der Waals surface area (Å²) in [7, 11) is 0. The van der Waals surface area contributed by atoms with Gasteiger partial charge in [-0.25, -0.2) is 9.97 Å². The Labute approximate surface area is 118 Å². The maximum absolute atomic E-state index is 6.16. The summed E-state index contributed by atoms with van der Waals surface area (Å²) in [5.41, 5.74) is 2.21. The smallest absolute Gasteiger partial charge is 0.148 e. The highest BCUT2D eigenvalue weighted by atomic mass is 35.5. The van der Waals surface area contributed by atoms with Gasteiger partial charge in [0.2, 0.25) is 0 Å². The molecule has 0 fully saturated rings. The summed E-state index contributed by atoms with van der Waals surface area (Å²) in [6.45, 7) is 0. The normalized spacial score (nSPS) is 11.1. The van der Waals surface area contributed by atoms with E-state index in [9.17, 15) is 0 Å². The van der Waals surface area contributed by atoms with E-state index in [1.165, 1.54) is 0 Å². The van der Waals surface area contributed by atoms with Crippen molar-refractivity contribution in [3.05, 3.63) is 51.9 Å². The third-order valence-electron chi connectivity index (χ3n) is 2.56. The van der Waals surface area contributed by atoms with E-state index < -0.39 is 0 Å². The van der Waals surface area contributed by atoms with Gasteiger partial charge in [0.25, 0.3) is 0 Å². The summed E-state index contributed by atoms with van der Waals surface area (Å²) < 4.78 is 1.89. The monoisotopic (exact) mass is 297 g/mol. The van der Waals surface area contributed by atoms with Crippen molar-refractivity contribution < 1.29 is 0 Å². The number of imidazole rings is 1. The number of aromatic nitrogens is 3. The molecule has 0 aliphatic heterocycles. The minimum atomic E-state index is 0.230. The molecule has 0 N–H and O–H groups in total. The summed E-state index contributed by atoms with van der Waals surface area (Å²) in [6, 6.07) is 7.27. The molecule has 90 valence electrons. The van der Waals surface area contributed by atoms with E-state index in [2.05, 4.69) is 9.97 Å². The van der Waals surface area contributed by atoms with Gasteiger partial charge in [0.05, 0.1) is 15.7 Å². The number of nitrogens with zero attached hydrogens (tertiary/aromatic N) is 3. The Morgan fingerprint density at radius 3 is 2.72 bits per heavy atom. The van der Waals surface area contributed by atoms with Gasteiger partial charge in [-0.3, -0.25) is 4.40 Å². The van der Waals surface area contributed by atoms with Crippen LogP contribution in [-0.2, 0) is 0 Å². The van der Waals surface area contributed by atoms with Gasteiger partial charge >= 0.3 is 0 Å². The number of halogens is 3. The van der Waals surface area contributed by atoms with Crippen molar-refractivity contribution in [1.82, 2.24) is 14.4 Å². The SMILES string of the molecule is Clc1cc(Cl)c(-c2cccc3nccn23)nc1Cl. The highest BCUT2D eigenvalue weighted by molar-refractivity contribution is 6.42. The molecule has 3 aromatic heterocycles. The first kappa shape index (κ1) is 11.8. The minimum Gasteiger partial charge on any atom is -0.298 e. The molecule has 0 aromatic carbocycles. The van der Waals surface area contributed by atoms with E-state index in [0.717, 1.165) is 11.3 Å². The highest BCUT2D eigenvalue weighted by Gasteiger charge is 2.12. The predicted octanol–water partition coefficient (Wildman–Crippen LogP) is 4.36. The van der Waals surface area contributed by atoms with E-state index in [-0.39, 0.29) is 5.15 Å². The second-order valence-electron chi connectivity index (χ2n) is 3.66. The number of hydrogen-bond donors (Lipinski definition) is 0. The number of rotatable bonds is 1. The summed E-state index contributed by atoms with van der Waals surface area (Å²) in [6.07, 6.45) is 3.55. The lowest BCUT2D eigenvalue weighted by atomic mass is 10.2. The first-order valence-corrected chi connectivity index (χ1v) is 6.24. The van der Waals surface area contributed by atoms with Crippen LogP contribution < -0.4 is 0 Å². The summed E-state index contributed by atoms with van der Waals surface area (Å²) in [5.74, 6) is 0. The van der Waals surface area contributed by atoms with Crippen molar-refractivity contribution in [3.8, 4) is 11.4 Å². The Balaban J connectivity index is 2.32. The molecule has 0 unspecified atom stereocenters. The zero-order valence-corrected chi connectivity index (χ0v) is 11.2. The van der Waals surface area contributed by atoms with E-state index in [0.29, 0.717) is 15.7 Å². The highest BCUT2D eigenvalue weighted by Crippen LogP contribution is 2.32. The second kappa shape index (κ2) is 4.43. The fourth-order valence-electron chi connectivity index (χ4n) is 1.76. The lowest BCUT2D eigenvalue weighted by Gasteiger charge is -2.08. The third-order valence-corrected chi connectivity index (χ3v) is 3.52. The molecule has 0 saturated carbocycles. The van der Waals surface area contributed by atoms with Crippen LogP contribution in [0.1, 0.15) is 0 Å². The van der Waals surface area contributed by atoms with Gasteiger partial charge in [0, 0.05) is 12.4 Å². The number of hydrogen-bond acceptors (Lipinski definition) is 2. The molecule has 6 heteroatoms. The van der Waals surface area contributed by atoms with Crippen LogP contribution in [0.4, 0.5) is 0 Å². The van der Waals surface area contributed by atoms with Crippen LogP contribution in [0.25, 0.3) is 17.0 Å². The molecule has 3 nitrogen and oxygen atoms in total. The minimum absolute atomic E-state index is 0.230. The van der Waals surface area contributed by atoms with Crippen LogP contribution in [-0.4, -0.2) is 14.4 Å². The number of fused-ring (bicyclic) bond motifs is 1. The first-order chi connectivity index (χ1) is 8.66. The molecule has 18 heavy (non-hydrogen) atoms. The van der Waals surface area contributed by atoms with Crippen LogP contribution in [0.15, 0.2) is 36.7 Å². The predicted molar refractivity (Wildman–Crippen MR) is 73.5 cm³/mol. The molecule has 0 saturated heterocycles. The van der Waals surface area contributed by atoms with E-state index in [1.807, 2.05) is 28.8 Å². The van der Waals surface area contributed by atoms with Crippen LogP contribution in [0, 0.1) is 0 Å². The maximum atomic E-state index is 6.16. The lowest BCUT2D eigenvalue weighted by Crippen LogP contribution is -1.94.